The maximum absolute atomic E-state index is 6.15. The standard InChI is InChI=1S/C24H23N7O2/c1-15-12-21(29-33-15)23-27-26-22-19-6-3-4-7-20(19)24(28-31(22)23)32-14-18-9-8-17(13-25-18)16(2)30-10-5-11-30/h3-4,6-9,12-13,16H,5,10-11,14H2,1-2H3. The number of fused-ring (bicyclic) bond motifs is 3. The monoisotopic (exact) mass is 441 g/mol. The topological polar surface area (TPSA) is 94.5 Å². The van der Waals surface area contributed by atoms with Crippen LogP contribution in [-0.4, -0.2) is 47.9 Å². The van der Waals surface area contributed by atoms with Gasteiger partial charge in [-0.25, -0.2) is 0 Å². The highest BCUT2D eigenvalue weighted by molar-refractivity contribution is 5.96. The predicted octanol–water partition coefficient (Wildman–Crippen LogP) is 3.98. The Morgan fingerprint density at radius 2 is 1.94 bits per heavy atom. The normalized spacial score (nSPS) is 15.1. The third-order valence-corrected chi connectivity index (χ3v) is 6.21. The Balaban J connectivity index is 1.32. The number of aromatic nitrogens is 6. The molecule has 6 rings (SSSR count). The second kappa shape index (κ2) is 7.93. The van der Waals surface area contributed by atoms with E-state index in [0.29, 0.717) is 41.5 Å². The van der Waals surface area contributed by atoms with Gasteiger partial charge < -0.3 is 9.26 Å². The first-order valence-electron chi connectivity index (χ1n) is 11.1. The second-order valence-electron chi connectivity index (χ2n) is 8.37. The molecule has 4 aromatic heterocycles. The van der Waals surface area contributed by atoms with Crippen molar-refractivity contribution < 1.29 is 9.26 Å². The van der Waals surface area contributed by atoms with Crippen LogP contribution in [-0.2, 0) is 6.61 Å². The van der Waals surface area contributed by atoms with E-state index in [1.165, 1.54) is 12.0 Å². The van der Waals surface area contributed by atoms with Crippen LogP contribution >= 0.6 is 0 Å². The molecule has 1 saturated heterocycles. The van der Waals surface area contributed by atoms with Crippen LogP contribution in [0.15, 0.2) is 53.2 Å². The lowest BCUT2D eigenvalue weighted by atomic mass is 10.1. The molecule has 0 spiro atoms. The van der Waals surface area contributed by atoms with Crippen molar-refractivity contribution in [2.75, 3.05) is 13.1 Å². The van der Waals surface area contributed by atoms with Crippen molar-refractivity contribution in [1.82, 2.24) is 34.9 Å². The molecule has 9 nitrogen and oxygen atoms in total. The molecule has 1 atom stereocenters. The van der Waals surface area contributed by atoms with Gasteiger partial charge in [0.05, 0.1) is 5.69 Å². The molecule has 0 N–H and O–H groups in total. The highest BCUT2D eigenvalue weighted by atomic mass is 16.5. The first-order valence-corrected chi connectivity index (χ1v) is 11.1. The fourth-order valence-corrected chi connectivity index (χ4v) is 4.14. The minimum absolute atomic E-state index is 0.307. The van der Waals surface area contributed by atoms with Crippen molar-refractivity contribution >= 4 is 16.4 Å². The Hall–Kier alpha value is -3.85. The lowest BCUT2D eigenvalue weighted by Gasteiger charge is -2.36. The van der Waals surface area contributed by atoms with E-state index < -0.39 is 0 Å². The molecule has 0 bridgehead atoms. The average Bonchev–Trinajstić information content (AvgIpc) is 3.42. The van der Waals surface area contributed by atoms with Gasteiger partial charge in [-0.3, -0.25) is 9.88 Å². The Morgan fingerprint density at radius 3 is 2.64 bits per heavy atom. The number of aryl methyl sites for hydroxylation is 1. The first kappa shape index (κ1) is 19.8. The van der Waals surface area contributed by atoms with Crippen molar-refractivity contribution in [2.24, 2.45) is 0 Å². The van der Waals surface area contributed by atoms with Crippen LogP contribution in [0.2, 0.25) is 0 Å². The molecular weight excluding hydrogens is 418 g/mol. The van der Waals surface area contributed by atoms with E-state index in [1.807, 2.05) is 43.5 Å². The number of hydrogen-bond donors (Lipinski definition) is 0. The largest absolute Gasteiger partial charge is 0.470 e. The molecule has 1 fully saturated rings. The third kappa shape index (κ3) is 3.50. The van der Waals surface area contributed by atoms with E-state index in [9.17, 15) is 0 Å². The summed E-state index contributed by atoms with van der Waals surface area (Å²) in [6.07, 6.45) is 3.22. The van der Waals surface area contributed by atoms with Crippen molar-refractivity contribution in [3.63, 3.8) is 0 Å². The Bertz CT molecular complexity index is 1440. The summed E-state index contributed by atoms with van der Waals surface area (Å²) in [5.41, 5.74) is 3.27. The molecule has 5 heterocycles. The summed E-state index contributed by atoms with van der Waals surface area (Å²) in [6.45, 7) is 6.68. The minimum atomic E-state index is 0.307. The van der Waals surface area contributed by atoms with Gasteiger partial charge in [0.1, 0.15) is 12.4 Å². The highest BCUT2D eigenvalue weighted by Gasteiger charge is 2.22. The zero-order valence-electron chi connectivity index (χ0n) is 18.5. The molecule has 0 aliphatic carbocycles. The van der Waals surface area contributed by atoms with Crippen LogP contribution in [0.3, 0.4) is 0 Å². The quantitative estimate of drug-likeness (QED) is 0.391. The zero-order chi connectivity index (χ0) is 22.4. The fraction of sp³-hybridized carbons (Fsp3) is 0.292. The number of pyridine rings is 1. The number of rotatable bonds is 6. The molecule has 166 valence electrons. The smallest absolute Gasteiger partial charge is 0.240 e. The average molecular weight is 441 g/mol. The number of hydrogen-bond acceptors (Lipinski definition) is 8. The van der Waals surface area contributed by atoms with Gasteiger partial charge in [-0.1, -0.05) is 29.4 Å². The van der Waals surface area contributed by atoms with Gasteiger partial charge in [-0.05, 0) is 51.1 Å². The number of ether oxygens (including phenoxy) is 1. The van der Waals surface area contributed by atoms with Gasteiger partial charge >= 0.3 is 0 Å². The molecule has 9 heteroatoms. The fourth-order valence-electron chi connectivity index (χ4n) is 4.14. The van der Waals surface area contributed by atoms with E-state index in [2.05, 4.69) is 38.2 Å². The predicted molar refractivity (Wildman–Crippen MR) is 122 cm³/mol. The minimum Gasteiger partial charge on any atom is -0.470 e. The highest BCUT2D eigenvalue weighted by Crippen LogP contribution is 2.29. The third-order valence-electron chi connectivity index (χ3n) is 6.21. The van der Waals surface area contributed by atoms with Gasteiger partial charge in [0.15, 0.2) is 11.3 Å². The Morgan fingerprint density at radius 1 is 1.09 bits per heavy atom. The van der Waals surface area contributed by atoms with Crippen molar-refractivity contribution in [3.05, 3.63) is 65.7 Å². The number of likely N-dealkylation sites (tertiary alicyclic amines) is 1. The maximum atomic E-state index is 6.15. The maximum Gasteiger partial charge on any atom is 0.240 e. The van der Waals surface area contributed by atoms with Crippen molar-refractivity contribution in [3.8, 4) is 17.4 Å². The van der Waals surface area contributed by atoms with Crippen LogP contribution in [0.1, 0.15) is 36.4 Å². The lowest BCUT2D eigenvalue weighted by molar-refractivity contribution is 0.128. The molecule has 1 unspecified atom stereocenters. The van der Waals surface area contributed by atoms with Gasteiger partial charge in [-0.2, -0.15) is 4.52 Å². The zero-order valence-corrected chi connectivity index (χ0v) is 18.5. The van der Waals surface area contributed by atoms with Gasteiger partial charge in [0.25, 0.3) is 0 Å². The summed E-state index contributed by atoms with van der Waals surface area (Å²) in [6, 6.07) is 14.2. The molecule has 1 aliphatic heterocycles. The SMILES string of the molecule is Cc1cc(-c2nnc3c4ccccc4c(OCc4ccc(C(C)N5CCC5)cn4)nn23)no1. The Labute approximate surface area is 190 Å². The van der Waals surface area contributed by atoms with Crippen molar-refractivity contribution in [2.45, 2.75) is 32.9 Å². The summed E-state index contributed by atoms with van der Waals surface area (Å²) in [5.74, 6) is 1.68. The van der Waals surface area contributed by atoms with Crippen LogP contribution in [0.4, 0.5) is 0 Å². The van der Waals surface area contributed by atoms with Crippen molar-refractivity contribution in [1.29, 1.82) is 0 Å². The van der Waals surface area contributed by atoms with E-state index in [1.54, 1.807) is 10.6 Å². The van der Waals surface area contributed by atoms with Gasteiger partial charge in [0.2, 0.25) is 11.7 Å². The summed E-state index contributed by atoms with van der Waals surface area (Å²) in [5, 5.41) is 19.2. The number of benzene rings is 1. The van der Waals surface area contributed by atoms with E-state index >= 15 is 0 Å². The van der Waals surface area contributed by atoms with Gasteiger partial charge in [0, 0.05) is 29.1 Å². The van der Waals surface area contributed by atoms with E-state index in [4.69, 9.17) is 14.4 Å². The van der Waals surface area contributed by atoms with Crippen LogP contribution < -0.4 is 4.74 Å². The molecule has 0 radical (unpaired) electrons. The van der Waals surface area contributed by atoms with Crippen LogP contribution in [0.25, 0.3) is 27.9 Å². The Kier molecular flexibility index (Phi) is 4.76. The molecule has 5 aromatic rings. The van der Waals surface area contributed by atoms with Crippen LogP contribution in [0.5, 0.6) is 5.88 Å². The summed E-state index contributed by atoms with van der Waals surface area (Å²) in [4.78, 5) is 7.07. The summed E-state index contributed by atoms with van der Waals surface area (Å²) >= 11 is 0. The summed E-state index contributed by atoms with van der Waals surface area (Å²) < 4.78 is 13.0. The molecule has 1 aromatic carbocycles. The molecular formula is C24H23N7O2. The summed E-state index contributed by atoms with van der Waals surface area (Å²) in [7, 11) is 0. The lowest BCUT2D eigenvalue weighted by Crippen LogP contribution is -2.39. The van der Waals surface area contributed by atoms with E-state index in [0.717, 1.165) is 29.6 Å². The first-order chi connectivity index (χ1) is 16.2. The van der Waals surface area contributed by atoms with Gasteiger partial charge in [-0.15, -0.1) is 15.3 Å². The molecule has 0 amide bonds. The molecule has 33 heavy (non-hydrogen) atoms. The molecule has 0 saturated carbocycles. The molecule has 1 aliphatic rings. The number of nitrogens with zero attached hydrogens (tertiary/aromatic N) is 7. The second-order valence-corrected chi connectivity index (χ2v) is 8.37. The van der Waals surface area contributed by atoms with E-state index in [-0.39, 0.29) is 0 Å². The van der Waals surface area contributed by atoms with Crippen LogP contribution in [0, 0.1) is 6.92 Å².